The third-order valence-electron chi connectivity index (χ3n) is 3.88. The number of carboxylic acids is 1. The Kier molecular flexibility index (Phi) is 7.82. The maximum atomic E-state index is 11.9. The van der Waals surface area contributed by atoms with Crippen LogP contribution in [0.2, 0.25) is 5.02 Å². The molecular formula is C20H21ClN2O4. The summed E-state index contributed by atoms with van der Waals surface area (Å²) in [6.07, 6.45) is 1.38. The van der Waals surface area contributed by atoms with Crippen molar-refractivity contribution in [2.45, 2.75) is 19.3 Å². The van der Waals surface area contributed by atoms with E-state index in [1.807, 2.05) is 6.07 Å². The van der Waals surface area contributed by atoms with Gasteiger partial charge in [0.05, 0.1) is 5.56 Å². The molecule has 2 rings (SSSR count). The van der Waals surface area contributed by atoms with Crippen LogP contribution in [0.15, 0.2) is 48.5 Å². The third kappa shape index (κ3) is 7.11. The summed E-state index contributed by atoms with van der Waals surface area (Å²) in [5.41, 5.74) is 1.60. The zero-order valence-corrected chi connectivity index (χ0v) is 15.5. The number of carboxylic acid groups (broad SMARTS) is 1. The number of hydrogen-bond donors (Lipinski definition) is 3. The van der Waals surface area contributed by atoms with Crippen LogP contribution in [0.25, 0.3) is 0 Å². The molecule has 7 heteroatoms. The predicted molar refractivity (Wildman–Crippen MR) is 103 cm³/mol. The first-order valence-corrected chi connectivity index (χ1v) is 8.96. The molecule has 142 valence electrons. The molecule has 0 atom stereocenters. The lowest BCUT2D eigenvalue weighted by molar-refractivity contribution is -0.121. The Bertz CT molecular complexity index is 806. The molecule has 6 nitrogen and oxygen atoms in total. The third-order valence-corrected chi connectivity index (χ3v) is 4.13. The molecule has 0 fully saturated rings. The Morgan fingerprint density at radius 1 is 0.926 bits per heavy atom. The Morgan fingerprint density at radius 2 is 1.67 bits per heavy atom. The van der Waals surface area contributed by atoms with Crippen molar-refractivity contribution in [3.05, 3.63) is 70.2 Å². The van der Waals surface area contributed by atoms with Gasteiger partial charge in [-0.25, -0.2) is 4.79 Å². The summed E-state index contributed by atoms with van der Waals surface area (Å²) in [6.45, 7) is 0.828. The first-order chi connectivity index (χ1) is 13.0. The molecule has 0 radical (unpaired) electrons. The van der Waals surface area contributed by atoms with Gasteiger partial charge in [-0.2, -0.15) is 0 Å². The lowest BCUT2D eigenvalue weighted by Crippen LogP contribution is -2.28. The van der Waals surface area contributed by atoms with E-state index in [1.54, 1.807) is 36.4 Å². The van der Waals surface area contributed by atoms with Gasteiger partial charge in [-0.15, -0.1) is 0 Å². The zero-order valence-electron chi connectivity index (χ0n) is 14.7. The fraction of sp³-hybridized carbons (Fsp3) is 0.250. The summed E-state index contributed by atoms with van der Waals surface area (Å²) >= 11 is 5.78. The topological polar surface area (TPSA) is 95.5 Å². The van der Waals surface area contributed by atoms with Gasteiger partial charge in [0.1, 0.15) is 0 Å². The molecule has 0 unspecified atom stereocenters. The van der Waals surface area contributed by atoms with Crippen LogP contribution in [-0.4, -0.2) is 36.0 Å². The number of carbonyl (C=O) groups excluding carboxylic acids is 2. The minimum atomic E-state index is -0.971. The smallest absolute Gasteiger partial charge is 0.335 e. The van der Waals surface area contributed by atoms with E-state index in [2.05, 4.69) is 10.6 Å². The SMILES string of the molecule is O=C(CCCNC(=O)c1ccc(Cl)cc1)NCCc1cccc(C(=O)O)c1. The number of rotatable bonds is 9. The highest BCUT2D eigenvalue weighted by Crippen LogP contribution is 2.09. The van der Waals surface area contributed by atoms with Crippen molar-refractivity contribution in [1.82, 2.24) is 10.6 Å². The largest absolute Gasteiger partial charge is 0.478 e. The number of nitrogens with one attached hydrogen (secondary N) is 2. The molecule has 27 heavy (non-hydrogen) atoms. The number of halogens is 1. The number of carbonyl (C=O) groups is 3. The molecule has 0 bridgehead atoms. The molecule has 2 aromatic carbocycles. The summed E-state index contributed by atoms with van der Waals surface area (Å²) in [4.78, 5) is 34.7. The van der Waals surface area contributed by atoms with Crippen LogP contribution >= 0.6 is 11.6 Å². The van der Waals surface area contributed by atoms with E-state index in [0.29, 0.717) is 42.9 Å². The minimum Gasteiger partial charge on any atom is -0.478 e. The Balaban J connectivity index is 1.62. The lowest BCUT2D eigenvalue weighted by Gasteiger charge is -2.07. The molecular weight excluding hydrogens is 368 g/mol. The number of aromatic carboxylic acids is 1. The first kappa shape index (κ1) is 20.5. The Hall–Kier alpha value is -2.86. The lowest BCUT2D eigenvalue weighted by atomic mass is 10.1. The molecule has 0 aliphatic rings. The van der Waals surface area contributed by atoms with Crippen LogP contribution in [-0.2, 0) is 11.2 Å². The average Bonchev–Trinajstić information content (AvgIpc) is 2.66. The van der Waals surface area contributed by atoms with Crippen LogP contribution in [0.4, 0.5) is 0 Å². The van der Waals surface area contributed by atoms with Gasteiger partial charge in [0.2, 0.25) is 5.91 Å². The zero-order chi connectivity index (χ0) is 19.6. The normalized spacial score (nSPS) is 10.3. The van der Waals surface area contributed by atoms with Crippen molar-refractivity contribution in [1.29, 1.82) is 0 Å². The van der Waals surface area contributed by atoms with Crippen molar-refractivity contribution in [3.63, 3.8) is 0 Å². The van der Waals surface area contributed by atoms with E-state index in [9.17, 15) is 14.4 Å². The predicted octanol–water partition coefficient (Wildman–Crippen LogP) is 2.91. The molecule has 3 N–H and O–H groups in total. The van der Waals surface area contributed by atoms with Gasteiger partial charge in [-0.1, -0.05) is 23.7 Å². The Morgan fingerprint density at radius 3 is 2.37 bits per heavy atom. The highest BCUT2D eigenvalue weighted by Gasteiger charge is 2.06. The second kappa shape index (κ2) is 10.3. The number of hydrogen-bond acceptors (Lipinski definition) is 3. The summed E-state index contributed by atoms with van der Waals surface area (Å²) in [6, 6.07) is 13.2. The summed E-state index contributed by atoms with van der Waals surface area (Å²) in [5.74, 6) is -1.28. The van der Waals surface area contributed by atoms with Crippen LogP contribution < -0.4 is 10.6 Å². The van der Waals surface area contributed by atoms with E-state index in [0.717, 1.165) is 5.56 Å². The van der Waals surface area contributed by atoms with Gasteiger partial charge in [0, 0.05) is 30.1 Å². The second-order valence-electron chi connectivity index (χ2n) is 5.97. The van der Waals surface area contributed by atoms with Crippen LogP contribution in [0.3, 0.4) is 0 Å². The minimum absolute atomic E-state index is 0.106. The molecule has 0 aliphatic heterocycles. The Labute approximate surface area is 162 Å². The van der Waals surface area contributed by atoms with Gasteiger partial charge < -0.3 is 15.7 Å². The van der Waals surface area contributed by atoms with Crippen molar-refractivity contribution in [3.8, 4) is 0 Å². The van der Waals surface area contributed by atoms with Crippen molar-refractivity contribution in [2.24, 2.45) is 0 Å². The monoisotopic (exact) mass is 388 g/mol. The maximum absolute atomic E-state index is 11.9. The van der Waals surface area contributed by atoms with Crippen LogP contribution in [0.5, 0.6) is 0 Å². The quantitative estimate of drug-likeness (QED) is 0.575. The standard InChI is InChI=1S/C20H21ClN2O4/c21-17-8-6-15(7-9-17)19(25)23-11-2-5-18(24)22-12-10-14-3-1-4-16(13-14)20(26)27/h1,3-4,6-9,13H,2,5,10-12H2,(H,22,24)(H,23,25)(H,26,27). The molecule has 0 aromatic heterocycles. The van der Waals surface area contributed by atoms with Gasteiger partial charge in [0.15, 0.2) is 0 Å². The highest BCUT2D eigenvalue weighted by molar-refractivity contribution is 6.30. The van der Waals surface area contributed by atoms with Crippen molar-refractivity contribution < 1.29 is 19.5 Å². The maximum Gasteiger partial charge on any atom is 0.335 e. The molecule has 0 saturated carbocycles. The molecule has 0 heterocycles. The highest BCUT2D eigenvalue weighted by atomic mass is 35.5. The fourth-order valence-electron chi connectivity index (χ4n) is 2.45. The van der Waals surface area contributed by atoms with Crippen LogP contribution in [0, 0.1) is 0 Å². The van der Waals surface area contributed by atoms with Crippen LogP contribution in [0.1, 0.15) is 39.1 Å². The van der Waals surface area contributed by atoms with Gasteiger partial charge in [-0.3, -0.25) is 9.59 Å². The van der Waals surface area contributed by atoms with Gasteiger partial charge in [-0.05, 0) is 54.8 Å². The molecule has 2 aromatic rings. The van der Waals surface area contributed by atoms with Crippen molar-refractivity contribution in [2.75, 3.05) is 13.1 Å². The molecule has 0 saturated heterocycles. The molecule has 0 spiro atoms. The van der Waals surface area contributed by atoms with Crippen molar-refractivity contribution >= 4 is 29.4 Å². The second-order valence-corrected chi connectivity index (χ2v) is 6.41. The fourth-order valence-corrected chi connectivity index (χ4v) is 2.57. The van der Waals surface area contributed by atoms with Gasteiger partial charge >= 0.3 is 5.97 Å². The summed E-state index contributed by atoms with van der Waals surface area (Å²) in [5, 5.41) is 15.1. The van der Waals surface area contributed by atoms with Gasteiger partial charge in [0.25, 0.3) is 5.91 Å². The average molecular weight is 389 g/mol. The van der Waals surface area contributed by atoms with E-state index in [4.69, 9.17) is 16.7 Å². The number of amides is 2. The first-order valence-electron chi connectivity index (χ1n) is 8.58. The summed E-state index contributed by atoms with van der Waals surface area (Å²) < 4.78 is 0. The number of benzene rings is 2. The molecule has 2 amide bonds. The van der Waals surface area contributed by atoms with E-state index < -0.39 is 5.97 Å². The molecule has 0 aliphatic carbocycles. The van der Waals surface area contributed by atoms with E-state index in [-0.39, 0.29) is 17.4 Å². The van der Waals surface area contributed by atoms with E-state index in [1.165, 1.54) is 6.07 Å². The van der Waals surface area contributed by atoms with E-state index >= 15 is 0 Å². The summed E-state index contributed by atoms with van der Waals surface area (Å²) in [7, 11) is 0.